The Bertz CT molecular complexity index is 1090. The number of hydrogen-bond donors (Lipinski definition) is 4. The van der Waals surface area contributed by atoms with Crippen LogP contribution in [0.4, 0.5) is 15.9 Å². The number of fused-ring (bicyclic) bond motifs is 1. The molecule has 0 bridgehead atoms. The lowest BCUT2D eigenvalue weighted by Crippen LogP contribution is -2.35. The first kappa shape index (κ1) is 19.6. The third kappa shape index (κ3) is 3.62. The maximum atomic E-state index is 14.3. The molecule has 0 fully saturated rings. The van der Waals surface area contributed by atoms with Crippen molar-refractivity contribution in [3.8, 4) is 0 Å². The molecule has 2 aromatic heterocycles. The van der Waals surface area contributed by atoms with E-state index in [9.17, 15) is 19.1 Å². The summed E-state index contributed by atoms with van der Waals surface area (Å²) in [5.41, 5.74) is 0.386. The van der Waals surface area contributed by atoms with Crippen LogP contribution in [0.1, 0.15) is 15.9 Å². The molecule has 0 radical (unpaired) electrons. The number of rotatable bonds is 6. The second-order valence-corrected chi connectivity index (χ2v) is 6.41. The molecule has 0 aliphatic rings. The number of aliphatic hydroxyl groups is 2. The number of carbonyl (C=O) groups is 1. The van der Waals surface area contributed by atoms with Crippen molar-refractivity contribution in [1.82, 2.24) is 9.88 Å². The smallest absolute Gasteiger partial charge is 0.263 e. The standard InChI is InChI=1S/C19H20FN3O5/c1-10-3-4-14(13(20)7-10)22-17-15(18(26)21-8-11(25)9-24)16-12(5-6-28-16)19(27)23(17)2/h3-7,11,22,24-25H,8-9H2,1-2H3,(H,21,26). The van der Waals surface area contributed by atoms with E-state index in [2.05, 4.69) is 10.6 Å². The zero-order chi connectivity index (χ0) is 20.4. The highest BCUT2D eigenvalue weighted by molar-refractivity contribution is 6.09. The van der Waals surface area contributed by atoms with Gasteiger partial charge in [0.15, 0.2) is 5.58 Å². The predicted octanol–water partition coefficient (Wildman–Crippen LogP) is 1.41. The van der Waals surface area contributed by atoms with Gasteiger partial charge in [0.2, 0.25) is 0 Å². The molecule has 9 heteroatoms. The molecule has 3 rings (SSSR count). The van der Waals surface area contributed by atoms with Crippen molar-refractivity contribution in [1.29, 1.82) is 0 Å². The number of benzene rings is 1. The van der Waals surface area contributed by atoms with Gasteiger partial charge in [0.25, 0.3) is 11.5 Å². The average molecular weight is 389 g/mol. The van der Waals surface area contributed by atoms with Crippen molar-refractivity contribution in [3.63, 3.8) is 0 Å². The van der Waals surface area contributed by atoms with Gasteiger partial charge in [-0.25, -0.2) is 4.39 Å². The normalized spacial score (nSPS) is 12.2. The maximum Gasteiger partial charge on any atom is 0.263 e. The van der Waals surface area contributed by atoms with Gasteiger partial charge in [-0.15, -0.1) is 0 Å². The number of furan rings is 1. The highest BCUT2D eigenvalue weighted by atomic mass is 19.1. The second-order valence-electron chi connectivity index (χ2n) is 6.41. The Morgan fingerprint density at radius 1 is 1.36 bits per heavy atom. The molecule has 1 aromatic carbocycles. The number of carbonyl (C=O) groups excluding carboxylic acids is 1. The van der Waals surface area contributed by atoms with Gasteiger partial charge in [-0.3, -0.25) is 14.2 Å². The molecule has 3 aromatic rings. The number of aryl methyl sites for hydroxylation is 1. The van der Waals surface area contributed by atoms with E-state index in [1.807, 2.05) is 0 Å². The Morgan fingerprint density at radius 3 is 2.79 bits per heavy atom. The van der Waals surface area contributed by atoms with Crippen molar-refractivity contribution in [3.05, 3.63) is 57.8 Å². The number of halogens is 1. The number of nitrogens with zero attached hydrogens (tertiary/aromatic N) is 1. The Kier molecular flexibility index (Phi) is 5.48. The van der Waals surface area contributed by atoms with Crippen LogP contribution in [0, 0.1) is 12.7 Å². The number of anilines is 2. The minimum absolute atomic E-state index is 0.0211. The molecule has 1 atom stereocenters. The fourth-order valence-corrected chi connectivity index (χ4v) is 2.80. The summed E-state index contributed by atoms with van der Waals surface area (Å²) in [6, 6.07) is 5.95. The molecule has 4 N–H and O–H groups in total. The van der Waals surface area contributed by atoms with Gasteiger partial charge in [-0.2, -0.15) is 0 Å². The van der Waals surface area contributed by atoms with Crippen molar-refractivity contribution in [2.75, 3.05) is 18.5 Å². The molecule has 0 aliphatic heterocycles. The molecule has 1 unspecified atom stereocenters. The highest BCUT2D eigenvalue weighted by Gasteiger charge is 2.24. The first-order valence-electron chi connectivity index (χ1n) is 8.54. The zero-order valence-corrected chi connectivity index (χ0v) is 15.3. The van der Waals surface area contributed by atoms with Crippen molar-refractivity contribution in [2.45, 2.75) is 13.0 Å². The summed E-state index contributed by atoms with van der Waals surface area (Å²) in [4.78, 5) is 25.4. The fourth-order valence-electron chi connectivity index (χ4n) is 2.80. The van der Waals surface area contributed by atoms with Crippen molar-refractivity contribution < 1.29 is 23.8 Å². The van der Waals surface area contributed by atoms with Gasteiger partial charge in [0, 0.05) is 13.6 Å². The summed E-state index contributed by atoms with van der Waals surface area (Å²) in [7, 11) is 1.45. The van der Waals surface area contributed by atoms with Gasteiger partial charge in [0.05, 0.1) is 30.0 Å². The molecular weight excluding hydrogens is 369 g/mol. The van der Waals surface area contributed by atoms with Crippen LogP contribution >= 0.6 is 0 Å². The number of aromatic nitrogens is 1. The number of nitrogens with one attached hydrogen (secondary N) is 2. The van der Waals surface area contributed by atoms with Gasteiger partial charge in [0.1, 0.15) is 17.2 Å². The molecule has 28 heavy (non-hydrogen) atoms. The van der Waals surface area contributed by atoms with Gasteiger partial charge < -0.3 is 25.3 Å². The Morgan fingerprint density at radius 2 is 2.11 bits per heavy atom. The Hall–Kier alpha value is -3.17. The highest BCUT2D eigenvalue weighted by Crippen LogP contribution is 2.28. The molecular formula is C19H20FN3O5. The quantitative estimate of drug-likeness (QED) is 0.506. The monoisotopic (exact) mass is 389 g/mol. The molecule has 1 amide bonds. The van der Waals surface area contributed by atoms with Crippen LogP contribution in [0.25, 0.3) is 11.0 Å². The van der Waals surface area contributed by atoms with Gasteiger partial charge in [-0.1, -0.05) is 6.07 Å². The van der Waals surface area contributed by atoms with Crippen LogP contribution in [0.15, 0.2) is 39.7 Å². The van der Waals surface area contributed by atoms with Crippen LogP contribution in [-0.4, -0.2) is 39.9 Å². The molecule has 0 aliphatic carbocycles. The summed E-state index contributed by atoms with van der Waals surface area (Å²) < 4.78 is 20.9. The number of hydrogen-bond acceptors (Lipinski definition) is 6. The van der Waals surface area contributed by atoms with Crippen LogP contribution < -0.4 is 16.2 Å². The maximum absolute atomic E-state index is 14.3. The number of aliphatic hydroxyl groups excluding tert-OH is 2. The lowest BCUT2D eigenvalue weighted by Gasteiger charge is -2.17. The van der Waals surface area contributed by atoms with Crippen molar-refractivity contribution in [2.24, 2.45) is 7.05 Å². The topological polar surface area (TPSA) is 117 Å². The molecule has 2 heterocycles. The summed E-state index contributed by atoms with van der Waals surface area (Å²) >= 11 is 0. The van der Waals surface area contributed by atoms with E-state index in [-0.39, 0.29) is 34.6 Å². The summed E-state index contributed by atoms with van der Waals surface area (Å²) in [5.74, 6) is -1.17. The summed E-state index contributed by atoms with van der Waals surface area (Å²) in [6.45, 7) is 1.00. The van der Waals surface area contributed by atoms with E-state index in [4.69, 9.17) is 9.52 Å². The average Bonchev–Trinajstić information content (AvgIpc) is 3.15. The van der Waals surface area contributed by atoms with E-state index in [0.29, 0.717) is 0 Å². The van der Waals surface area contributed by atoms with Crippen molar-refractivity contribution >= 4 is 28.4 Å². The third-order valence-electron chi connectivity index (χ3n) is 4.31. The van der Waals surface area contributed by atoms with Crippen LogP contribution in [-0.2, 0) is 7.05 Å². The fraction of sp³-hybridized carbons (Fsp3) is 0.263. The Balaban J connectivity index is 2.13. The predicted molar refractivity (Wildman–Crippen MR) is 101 cm³/mol. The van der Waals surface area contributed by atoms with E-state index in [1.54, 1.807) is 13.0 Å². The van der Waals surface area contributed by atoms with E-state index >= 15 is 0 Å². The first-order chi connectivity index (χ1) is 13.3. The summed E-state index contributed by atoms with van der Waals surface area (Å²) in [5, 5.41) is 23.9. The molecule has 0 spiro atoms. The minimum Gasteiger partial charge on any atom is -0.463 e. The lowest BCUT2D eigenvalue weighted by atomic mass is 10.1. The van der Waals surface area contributed by atoms with Gasteiger partial charge >= 0.3 is 0 Å². The Labute approximate surface area is 159 Å². The van der Waals surface area contributed by atoms with Crippen LogP contribution in [0.3, 0.4) is 0 Å². The van der Waals surface area contributed by atoms with Gasteiger partial charge in [-0.05, 0) is 30.7 Å². The largest absolute Gasteiger partial charge is 0.463 e. The summed E-state index contributed by atoms with van der Waals surface area (Å²) in [6.07, 6.45) is 0.135. The van der Waals surface area contributed by atoms with E-state index in [1.165, 1.54) is 36.1 Å². The van der Waals surface area contributed by atoms with Crippen LogP contribution in [0.5, 0.6) is 0 Å². The molecule has 8 nitrogen and oxygen atoms in total. The SMILES string of the molecule is Cc1ccc(Nc2c(C(=O)NCC(O)CO)c3occc3c(=O)n2C)c(F)c1. The molecule has 148 valence electrons. The second kappa shape index (κ2) is 7.83. The minimum atomic E-state index is -1.14. The first-order valence-corrected chi connectivity index (χ1v) is 8.54. The van der Waals surface area contributed by atoms with E-state index in [0.717, 1.165) is 5.56 Å². The number of amides is 1. The van der Waals surface area contributed by atoms with E-state index < -0.39 is 30.0 Å². The third-order valence-corrected chi connectivity index (χ3v) is 4.31. The molecule has 0 saturated carbocycles. The van der Waals surface area contributed by atoms with Crippen LogP contribution in [0.2, 0.25) is 0 Å². The lowest BCUT2D eigenvalue weighted by molar-refractivity contribution is 0.0802. The number of pyridine rings is 1. The molecule has 0 saturated heterocycles. The zero-order valence-electron chi connectivity index (χ0n) is 15.3.